The Bertz CT molecular complexity index is 692. The van der Waals surface area contributed by atoms with Crippen LogP contribution in [0.3, 0.4) is 0 Å². The van der Waals surface area contributed by atoms with Crippen molar-refractivity contribution >= 4 is 17.7 Å². The van der Waals surface area contributed by atoms with Crippen molar-refractivity contribution in [3.05, 3.63) is 47.3 Å². The molecule has 0 atom stereocenters. The van der Waals surface area contributed by atoms with Crippen molar-refractivity contribution in [3.63, 3.8) is 0 Å². The highest BCUT2D eigenvalue weighted by Crippen LogP contribution is 2.29. The summed E-state index contributed by atoms with van der Waals surface area (Å²) in [5.74, 6) is 1.64. The van der Waals surface area contributed by atoms with Gasteiger partial charge in [0.1, 0.15) is 5.76 Å². The van der Waals surface area contributed by atoms with E-state index in [1.54, 1.807) is 11.8 Å². The minimum Gasteiger partial charge on any atom is -0.360 e. The summed E-state index contributed by atoms with van der Waals surface area (Å²) in [7, 11) is 1.94. The third kappa shape index (κ3) is 4.01. The van der Waals surface area contributed by atoms with Crippen molar-refractivity contribution in [1.82, 2.24) is 10.1 Å². The number of aryl methyl sites for hydroxylation is 1. The van der Waals surface area contributed by atoms with Crippen molar-refractivity contribution in [2.75, 3.05) is 7.05 Å². The lowest BCUT2D eigenvalue weighted by molar-refractivity contribution is 0.0692. The van der Waals surface area contributed by atoms with Gasteiger partial charge in [-0.05, 0) is 31.9 Å². The molecule has 1 saturated carbocycles. The number of carbonyl (C=O) groups is 1. The molecule has 0 N–H and O–H groups in total. The van der Waals surface area contributed by atoms with Gasteiger partial charge in [-0.1, -0.05) is 36.6 Å². The molecule has 2 aromatic rings. The molecule has 24 heavy (non-hydrogen) atoms. The second-order valence-electron chi connectivity index (χ2n) is 6.43. The van der Waals surface area contributed by atoms with Crippen molar-refractivity contribution in [1.29, 1.82) is 0 Å². The van der Waals surface area contributed by atoms with Gasteiger partial charge in [0.15, 0.2) is 0 Å². The van der Waals surface area contributed by atoms with Gasteiger partial charge in [0.2, 0.25) is 0 Å². The van der Waals surface area contributed by atoms with E-state index in [0.717, 1.165) is 34.8 Å². The standard InChI is InChI=1S/C19H24N2O2S/c1-14-12-16(23-20-14)13-24-18-11-7-6-10-17(18)19(22)21(2)15-8-4-3-5-9-15/h6-7,10-12,15H,3-5,8-9,13H2,1-2H3. The molecular formula is C19H24N2O2S. The molecule has 4 nitrogen and oxygen atoms in total. The van der Waals surface area contributed by atoms with E-state index in [1.165, 1.54) is 19.3 Å². The summed E-state index contributed by atoms with van der Waals surface area (Å²) < 4.78 is 5.26. The zero-order chi connectivity index (χ0) is 16.9. The molecule has 0 unspecified atom stereocenters. The van der Waals surface area contributed by atoms with Crippen LogP contribution in [0.15, 0.2) is 39.8 Å². The molecule has 1 amide bonds. The smallest absolute Gasteiger partial charge is 0.254 e. The maximum Gasteiger partial charge on any atom is 0.254 e. The van der Waals surface area contributed by atoms with Crippen LogP contribution in [0.4, 0.5) is 0 Å². The molecule has 1 aliphatic carbocycles. The van der Waals surface area contributed by atoms with Gasteiger partial charge in [0.25, 0.3) is 5.91 Å². The highest BCUT2D eigenvalue weighted by molar-refractivity contribution is 7.98. The Morgan fingerprint density at radius 3 is 2.75 bits per heavy atom. The lowest BCUT2D eigenvalue weighted by Gasteiger charge is -2.31. The van der Waals surface area contributed by atoms with Gasteiger partial charge in [-0.2, -0.15) is 0 Å². The van der Waals surface area contributed by atoms with Crippen LogP contribution < -0.4 is 0 Å². The Hall–Kier alpha value is -1.75. The molecule has 1 aromatic carbocycles. The zero-order valence-corrected chi connectivity index (χ0v) is 15.1. The highest BCUT2D eigenvalue weighted by Gasteiger charge is 2.24. The fourth-order valence-electron chi connectivity index (χ4n) is 3.23. The molecule has 1 aliphatic rings. The van der Waals surface area contributed by atoms with Crippen molar-refractivity contribution in [2.24, 2.45) is 0 Å². The Balaban J connectivity index is 1.71. The van der Waals surface area contributed by atoms with Crippen LogP contribution in [0.25, 0.3) is 0 Å². The minimum atomic E-state index is 0.124. The lowest BCUT2D eigenvalue weighted by atomic mass is 9.94. The number of amides is 1. The monoisotopic (exact) mass is 344 g/mol. The average Bonchev–Trinajstić information content (AvgIpc) is 3.05. The molecule has 1 heterocycles. The second kappa shape index (κ2) is 7.88. The fraction of sp³-hybridized carbons (Fsp3) is 0.474. The van der Waals surface area contributed by atoms with Gasteiger partial charge < -0.3 is 9.42 Å². The number of carbonyl (C=O) groups excluding carboxylic acids is 1. The first kappa shape index (κ1) is 17.1. The molecule has 128 valence electrons. The van der Waals surface area contributed by atoms with E-state index in [0.29, 0.717) is 11.8 Å². The van der Waals surface area contributed by atoms with Crippen molar-refractivity contribution < 1.29 is 9.32 Å². The molecular weight excluding hydrogens is 320 g/mol. The van der Waals surface area contributed by atoms with E-state index in [2.05, 4.69) is 5.16 Å². The summed E-state index contributed by atoms with van der Waals surface area (Å²) >= 11 is 1.62. The summed E-state index contributed by atoms with van der Waals surface area (Å²) in [6.45, 7) is 1.91. The Labute approximate surface area is 147 Å². The molecule has 1 aromatic heterocycles. The summed E-state index contributed by atoms with van der Waals surface area (Å²) in [5, 5.41) is 3.91. The van der Waals surface area contributed by atoms with Crippen molar-refractivity contribution in [2.45, 2.75) is 55.7 Å². The van der Waals surface area contributed by atoms with Gasteiger partial charge in [-0.25, -0.2) is 0 Å². The number of hydrogen-bond acceptors (Lipinski definition) is 4. The first-order valence-corrected chi connectivity index (χ1v) is 9.55. The first-order valence-electron chi connectivity index (χ1n) is 8.56. The van der Waals surface area contributed by atoms with E-state index in [4.69, 9.17) is 4.52 Å². The lowest BCUT2D eigenvalue weighted by Crippen LogP contribution is -2.38. The number of nitrogens with zero attached hydrogens (tertiary/aromatic N) is 2. The van der Waals surface area contributed by atoms with Crippen LogP contribution in [-0.2, 0) is 5.75 Å². The largest absolute Gasteiger partial charge is 0.360 e. The highest BCUT2D eigenvalue weighted by atomic mass is 32.2. The first-order chi connectivity index (χ1) is 11.6. The quantitative estimate of drug-likeness (QED) is 0.739. The number of thioether (sulfide) groups is 1. The topological polar surface area (TPSA) is 46.3 Å². The SMILES string of the molecule is Cc1cc(CSc2ccccc2C(=O)N(C)C2CCCCC2)on1. The summed E-state index contributed by atoms with van der Waals surface area (Å²) in [6.07, 6.45) is 5.98. The van der Waals surface area contributed by atoms with Crippen LogP contribution in [0, 0.1) is 6.92 Å². The van der Waals surface area contributed by atoms with E-state index >= 15 is 0 Å². The van der Waals surface area contributed by atoms with E-state index in [1.807, 2.05) is 49.2 Å². The normalized spacial score (nSPS) is 15.4. The van der Waals surface area contributed by atoms with Gasteiger partial charge >= 0.3 is 0 Å². The minimum absolute atomic E-state index is 0.124. The summed E-state index contributed by atoms with van der Waals surface area (Å²) in [5.41, 5.74) is 1.67. The van der Waals surface area contributed by atoms with Gasteiger partial charge in [-0.15, -0.1) is 11.8 Å². The van der Waals surface area contributed by atoms with Crippen LogP contribution in [0.2, 0.25) is 0 Å². The number of benzene rings is 1. The summed E-state index contributed by atoms with van der Waals surface area (Å²) in [4.78, 5) is 15.9. The molecule has 0 radical (unpaired) electrons. The third-order valence-electron chi connectivity index (χ3n) is 4.61. The second-order valence-corrected chi connectivity index (χ2v) is 7.44. The number of rotatable bonds is 5. The molecule has 0 saturated heterocycles. The van der Waals surface area contributed by atoms with Gasteiger partial charge in [-0.3, -0.25) is 4.79 Å². The van der Waals surface area contributed by atoms with Crippen molar-refractivity contribution in [3.8, 4) is 0 Å². The van der Waals surface area contributed by atoms with E-state index < -0.39 is 0 Å². The average molecular weight is 344 g/mol. The molecule has 3 rings (SSSR count). The fourth-order valence-corrected chi connectivity index (χ4v) is 4.15. The molecule has 5 heteroatoms. The third-order valence-corrected chi connectivity index (χ3v) is 5.70. The van der Waals surface area contributed by atoms with E-state index in [-0.39, 0.29) is 5.91 Å². The predicted molar refractivity (Wildman–Crippen MR) is 96.2 cm³/mol. The van der Waals surface area contributed by atoms with Crippen LogP contribution in [0.5, 0.6) is 0 Å². The van der Waals surface area contributed by atoms with Gasteiger partial charge in [0.05, 0.1) is 17.0 Å². The Kier molecular flexibility index (Phi) is 5.61. The molecule has 1 fully saturated rings. The summed E-state index contributed by atoms with van der Waals surface area (Å²) in [6, 6.07) is 10.2. The molecule has 0 bridgehead atoms. The maximum absolute atomic E-state index is 13.0. The Morgan fingerprint density at radius 2 is 2.04 bits per heavy atom. The zero-order valence-electron chi connectivity index (χ0n) is 14.3. The molecule has 0 aliphatic heterocycles. The predicted octanol–water partition coefficient (Wildman–Crippen LogP) is 4.68. The van der Waals surface area contributed by atoms with Crippen LogP contribution >= 0.6 is 11.8 Å². The molecule has 0 spiro atoms. The van der Waals surface area contributed by atoms with Crippen LogP contribution in [0.1, 0.15) is 53.9 Å². The number of hydrogen-bond donors (Lipinski definition) is 0. The number of aromatic nitrogens is 1. The van der Waals surface area contributed by atoms with E-state index in [9.17, 15) is 4.79 Å². The van der Waals surface area contributed by atoms with Crippen LogP contribution in [-0.4, -0.2) is 29.1 Å². The van der Waals surface area contributed by atoms with Gasteiger partial charge in [0, 0.05) is 24.1 Å². The Morgan fingerprint density at radius 1 is 1.29 bits per heavy atom. The maximum atomic E-state index is 13.0.